The van der Waals surface area contributed by atoms with Gasteiger partial charge in [0.15, 0.2) is 0 Å². The summed E-state index contributed by atoms with van der Waals surface area (Å²) in [7, 11) is 2.13. The van der Waals surface area contributed by atoms with Gasteiger partial charge < -0.3 is 15.1 Å². The van der Waals surface area contributed by atoms with E-state index in [2.05, 4.69) is 29.1 Å². The average molecular weight is 225 g/mol. The van der Waals surface area contributed by atoms with Crippen LogP contribution in [-0.2, 0) is 4.79 Å². The van der Waals surface area contributed by atoms with E-state index in [9.17, 15) is 4.79 Å². The summed E-state index contributed by atoms with van der Waals surface area (Å²) in [5, 5.41) is 3.32. The molecule has 0 saturated carbocycles. The first-order valence-electron chi connectivity index (χ1n) is 6.38. The van der Waals surface area contributed by atoms with Crippen LogP contribution in [-0.4, -0.2) is 61.5 Å². The highest BCUT2D eigenvalue weighted by Gasteiger charge is 2.31. The van der Waals surface area contributed by atoms with E-state index in [1.165, 1.54) is 0 Å². The van der Waals surface area contributed by atoms with Crippen molar-refractivity contribution in [2.75, 3.05) is 39.8 Å². The number of nitrogens with zero attached hydrogens (tertiary/aromatic N) is 2. The number of hydrogen-bond donors (Lipinski definition) is 1. The van der Waals surface area contributed by atoms with Crippen LogP contribution in [0.1, 0.15) is 19.8 Å². The van der Waals surface area contributed by atoms with Crippen molar-refractivity contribution in [1.29, 1.82) is 0 Å². The van der Waals surface area contributed by atoms with E-state index in [0.717, 1.165) is 45.6 Å². The minimum absolute atomic E-state index is 0.222. The summed E-state index contributed by atoms with van der Waals surface area (Å²) in [4.78, 5) is 16.7. The third kappa shape index (κ3) is 2.55. The molecule has 0 aromatic heterocycles. The second-order valence-corrected chi connectivity index (χ2v) is 5.19. The molecule has 0 bridgehead atoms. The fraction of sp³-hybridized carbons (Fsp3) is 0.917. The molecule has 16 heavy (non-hydrogen) atoms. The summed E-state index contributed by atoms with van der Waals surface area (Å²) < 4.78 is 0. The first kappa shape index (κ1) is 11.9. The molecule has 0 spiro atoms. The lowest BCUT2D eigenvalue weighted by Gasteiger charge is -2.40. The van der Waals surface area contributed by atoms with Crippen molar-refractivity contribution in [1.82, 2.24) is 15.1 Å². The van der Waals surface area contributed by atoms with Crippen molar-refractivity contribution < 1.29 is 4.79 Å². The van der Waals surface area contributed by atoms with Crippen LogP contribution in [0, 0.1) is 5.92 Å². The lowest BCUT2D eigenvalue weighted by atomic mass is 9.97. The van der Waals surface area contributed by atoms with Crippen molar-refractivity contribution in [2.45, 2.75) is 25.8 Å². The Kier molecular flexibility index (Phi) is 3.82. The highest BCUT2D eigenvalue weighted by Crippen LogP contribution is 2.17. The van der Waals surface area contributed by atoms with Gasteiger partial charge in [0.05, 0.1) is 5.92 Å². The first-order chi connectivity index (χ1) is 7.68. The van der Waals surface area contributed by atoms with Crippen LogP contribution in [0.25, 0.3) is 0 Å². The lowest BCUT2D eigenvalue weighted by molar-refractivity contribution is -0.140. The van der Waals surface area contributed by atoms with Crippen LogP contribution in [0.5, 0.6) is 0 Å². The molecule has 0 aliphatic carbocycles. The predicted molar refractivity (Wildman–Crippen MR) is 64.3 cm³/mol. The Bertz CT molecular complexity index is 251. The number of rotatable bonds is 1. The van der Waals surface area contributed by atoms with Gasteiger partial charge in [-0.2, -0.15) is 0 Å². The fourth-order valence-electron chi connectivity index (χ4n) is 2.76. The van der Waals surface area contributed by atoms with Crippen LogP contribution < -0.4 is 5.32 Å². The minimum atomic E-state index is 0.222. The van der Waals surface area contributed by atoms with E-state index in [4.69, 9.17) is 0 Å². The van der Waals surface area contributed by atoms with E-state index in [0.29, 0.717) is 11.9 Å². The minimum Gasteiger partial charge on any atom is -0.337 e. The Labute approximate surface area is 98.0 Å². The number of carbonyl (C=O) groups is 1. The van der Waals surface area contributed by atoms with E-state index in [-0.39, 0.29) is 5.92 Å². The molecule has 2 fully saturated rings. The highest BCUT2D eigenvalue weighted by molar-refractivity contribution is 5.79. The molecule has 1 amide bonds. The Morgan fingerprint density at radius 3 is 2.81 bits per heavy atom. The largest absolute Gasteiger partial charge is 0.337 e. The molecule has 2 rings (SSSR count). The third-order valence-electron chi connectivity index (χ3n) is 3.76. The molecule has 92 valence electrons. The van der Waals surface area contributed by atoms with Crippen LogP contribution in [0.2, 0.25) is 0 Å². The molecule has 1 N–H and O–H groups in total. The number of nitrogens with one attached hydrogen (secondary N) is 1. The highest BCUT2D eigenvalue weighted by atomic mass is 16.2. The van der Waals surface area contributed by atoms with Crippen molar-refractivity contribution in [3.63, 3.8) is 0 Å². The molecule has 2 unspecified atom stereocenters. The van der Waals surface area contributed by atoms with E-state index < -0.39 is 0 Å². The van der Waals surface area contributed by atoms with Gasteiger partial charge in [-0.05, 0) is 33.4 Å². The Balaban J connectivity index is 1.92. The Morgan fingerprint density at radius 1 is 1.38 bits per heavy atom. The normalized spacial score (nSPS) is 32.8. The Hall–Kier alpha value is -0.610. The first-order valence-corrected chi connectivity index (χ1v) is 6.38. The van der Waals surface area contributed by atoms with Gasteiger partial charge in [0.2, 0.25) is 5.91 Å². The van der Waals surface area contributed by atoms with Gasteiger partial charge in [0.1, 0.15) is 0 Å². The van der Waals surface area contributed by atoms with Gasteiger partial charge in [0.25, 0.3) is 0 Å². The molecule has 2 saturated heterocycles. The molecule has 0 radical (unpaired) electrons. The number of amides is 1. The summed E-state index contributed by atoms with van der Waals surface area (Å²) in [5.41, 5.74) is 0. The fourth-order valence-corrected chi connectivity index (χ4v) is 2.76. The Morgan fingerprint density at radius 2 is 2.19 bits per heavy atom. The third-order valence-corrected chi connectivity index (χ3v) is 3.76. The molecule has 2 aliphatic heterocycles. The maximum absolute atomic E-state index is 12.3. The van der Waals surface area contributed by atoms with Crippen molar-refractivity contribution in [3.05, 3.63) is 0 Å². The second-order valence-electron chi connectivity index (χ2n) is 5.19. The standard InChI is InChI=1S/C12H23N3O/c1-10-9-14(2)6-7-15(10)12(16)11-4-3-5-13-8-11/h10-11,13H,3-9H2,1-2H3. The van der Waals surface area contributed by atoms with E-state index in [1.54, 1.807) is 0 Å². The number of hydrogen-bond acceptors (Lipinski definition) is 3. The molecular formula is C12H23N3O. The zero-order chi connectivity index (χ0) is 11.5. The van der Waals surface area contributed by atoms with Gasteiger partial charge in [-0.25, -0.2) is 0 Å². The summed E-state index contributed by atoms with van der Waals surface area (Å²) >= 11 is 0. The van der Waals surface area contributed by atoms with Gasteiger partial charge in [-0.3, -0.25) is 4.79 Å². The molecule has 4 heteroatoms. The van der Waals surface area contributed by atoms with Gasteiger partial charge in [-0.1, -0.05) is 0 Å². The number of carbonyl (C=O) groups excluding carboxylic acids is 1. The van der Waals surface area contributed by atoms with Crippen LogP contribution in [0.3, 0.4) is 0 Å². The summed E-state index contributed by atoms with van der Waals surface area (Å²) in [6.45, 7) is 7.01. The number of piperazine rings is 1. The smallest absolute Gasteiger partial charge is 0.227 e. The molecule has 4 nitrogen and oxygen atoms in total. The predicted octanol–water partition coefficient (Wildman–Crippen LogP) is 0.149. The monoisotopic (exact) mass is 225 g/mol. The maximum Gasteiger partial charge on any atom is 0.227 e. The SMILES string of the molecule is CC1CN(C)CCN1C(=O)C1CCCNC1. The van der Waals surface area contributed by atoms with E-state index >= 15 is 0 Å². The molecule has 0 aromatic carbocycles. The molecule has 2 atom stereocenters. The van der Waals surface area contributed by atoms with Crippen LogP contribution in [0.4, 0.5) is 0 Å². The van der Waals surface area contributed by atoms with Gasteiger partial charge in [0, 0.05) is 32.2 Å². The zero-order valence-corrected chi connectivity index (χ0v) is 10.4. The van der Waals surface area contributed by atoms with Gasteiger partial charge in [-0.15, -0.1) is 0 Å². The summed E-state index contributed by atoms with van der Waals surface area (Å²) in [6, 6.07) is 0.369. The van der Waals surface area contributed by atoms with Crippen molar-refractivity contribution in [2.24, 2.45) is 5.92 Å². The molecule has 0 aromatic rings. The number of piperidine rings is 1. The van der Waals surface area contributed by atoms with Gasteiger partial charge >= 0.3 is 0 Å². The summed E-state index contributed by atoms with van der Waals surface area (Å²) in [5.74, 6) is 0.590. The van der Waals surface area contributed by atoms with Crippen LogP contribution >= 0.6 is 0 Å². The lowest BCUT2D eigenvalue weighted by Crippen LogP contribution is -2.55. The quantitative estimate of drug-likeness (QED) is 0.690. The number of likely N-dealkylation sites (N-methyl/N-ethyl adjacent to an activating group) is 1. The summed E-state index contributed by atoms with van der Waals surface area (Å²) in [6.07, 6.45) is 2.20. The van der Waals surface area contributed by atoms with E-state index in [1.807, 2.05) is 0 Å². The molecular weight excluding hydrogens is 202 g/mol. The second kappa shape index (κ2) is 5.15. The van der Waals surface area contributed by atoms with Crippen molar-refractivity contribution in [3.8, 4) is 0 Å². The van der Waals surface area contributed by atoms with Crippen LogP contribution in [0.15, 0.2) is 0 Å². The zero-order valence-electron chi connectivity index (χ0n) is 10.4. The average Bonchev–Trinajstić information content (AvgIpc) is 2.29. The maximum atomic E-state index is 12.3. The molecule has 2 heterocycles. The topological polar surface area (TPSA) is 35.6 Å². The van der Waals surface area contributed by atoms with Crippen molar-refractivity contribution >= 4 is 5.91 Å². The molecule has 2 aliphatic rings.